The van der Waals surface area contributed by atoms with Crippen LogP contribution in [0.15, 0.2) is 51.8 Å². The number of hydrogen-bond acceptors (Lipinski definition) is 3. The molecule has 1 fully saturated rings. The molecule has 0 N–H and O–H groups in total. The largest absolute Gasteiger partial charge is 0.309 e. The third-order valence-electron chi connectivity index (χ3n) is 5.68. The van der Waals surface area contributed by atoms with E-state index in [4.69, 9.17) is 11.6 Å². The molecule has 2 aliphatic rings. The Kier molecular flexibility index (Phi) is 5.77. The molecule has 1 saturated heterocycles. The van der Waals surface area contributed by atoms with E-state index in [0.29, 0.717) is 24.4 Å². The Hall–Kier alpha value is -1.41. The van der Waals surface area contributed by atoms with Crippen molar-refractivity contribution in [2.24, 2.45) is 5.92 Å². The second kappa shape index (κ2) is 8.02. The molecular weight excluding hydrogens is 476 g/mol. The zero-order valence-electron chi connectivity index (χ0n) is 16.0. The van der Waals surface area contributed by atoms with Crippen molar-refractivity contribution in [1.29, 1.82) is 0 Å². The highest BCUT2D eigenvalue weighted by molar-refractivity contribution is 9.10. The number of amides is 1. The average molecular weight is 498 g/mol. The van der Waals surface area contributed by atoms with Crippen molar-refractivity contribution in [1.82, 2.24) is 4.31 Å². The normalized spacial score (nSPS) is 22.5. The smallest absolute Gasteiger partial charge is 0.243 e. The number of benzene rings is 2. The van der Waals surface area contributed by atoms with Crippen LogP contribution in [0.2, 0.25) is 5.02 Å². The Labute approximate surface area is 184 Å². The van der Waals surface area contributed by atoms with E-state index in [1.165, 1.54) is 16.4 Å². The Bertz CT molecular complexity index is 1040. The van der Waals surface area contributed by atoms with Gasteiger partial charge in [-0.25, -0.2) is 8.42 Å². The van der Waals surface area contributed by atoms with Crippen molar-refractivity contribution in [2.75, 3.05) is 18.0 Å². The molecule has 0 saturated carbocycles. The van der Waals surface area contributed by atoms with Gasteiger partial charge >= 0.3 is 0 Å². The van der Waals surface area contributed by atoms with E-state index in [1.54, 1.807) is 12.1 Å². The van der Waals surface area contributed by atoms with Crippen LogP contribution in [0.3, 0.4) is 0 Å². The average Bonchev–Trinajstić information content (AvgIpc) is 3.02. The van der Waals surface area contributed by atoms with Gasteiger partial charge in [-0.1, -0.05) is 27.5 Å². The van der Waals surface area contributed by atoms with Gasteiger partial charge in [-0.15, -0.1) is 0 Å². The summed E-state index contributed by atoms with van der Waals surface area (Å²) in [5.41, 5.74) is 2.07. The highest BCUT2D eigenvalue weighted by Gasteiger charge is 2.39. The van der Waals surface area contributed by atoms with Crippen LogP contribution >= 0.6 is 27.5 Å². The van der Waals surface area contributed by atoms with Gasteiger partial charge < -0.3 is 4.90 Å². The van der Waals surface area contributed by atoms with Crippen LogP contribution in [-0.4, -0.2) is 37.8 Å². The fraction of sp³-hybridized carbons (Fsp3) is 0.381. The molecular formula is C21H22BrClN2O3S. The lowest BCUT2D eigenvalue weighted by Crippen LogP contribution is -2.48. The minimum Gasteiger partial charge on any atom is -0.309 e. The summed E-state index contributed by atoms with van der Waals surface area (Å²) >= 11 is 9.38. The first kappa shape index (κ1) is 20.8. The number of piperidine rings is 1. The van der Waals surface area contributed by atoms with Gasteiger partial charge in [0.05, 0.1) is 10.8 Å². The van der Waals surface area contributed by atoms with Gasteiger partial charge in [0.2, 0.25) is 15.9 Å². The molecule has 2 aliphatic heterocycles. The molecule has 8 heteroatoms. The van der Waals surface area contributed by atoms with E-state index < -0.39 is 10.0 Å². The molecule has 2 heterocycles. The van der Waals surface area contributed by atoms with Crippen LogP contribution in [0.1, 0.15) is 25.3 Å². The summed E-state index contributed by atoms with van der Waals surface area (Å²) in [5.74, 6) is -0.336. The summed E-state index contributed by atoms with van der Waals surface area (Å²) in [6.45, 7) is 2.67. The quantitative estimate of drug-likeness (QED) is 0.628. The van der Waals surface area contributed by atoms with Crippen molar-refractivity contribution in [2.45, 2.75) is 37.1 Å². The third kappa shape index (κ3) is 3.98. The van der Waals surface area contributed by atoms with Crippen molar-refractivity contribution in [3.8, 4) is 0 Å². The summed E-state index contributed by atoms with van der Waals surface area (Å²) in [6, 6.07) is 12.2. The van der Waals surface area contributed by atoms with E-state index in [-0.39, 0.29) is 29.3 Å². The third-order valence-corrected chi connectivity index (χ3v) is 8.30. The number of fused-ring (bicyclic) bond motifs is 1. The van der Waals surface area contributed by atoms with E-state index >= 15 is 0 Å². The molecule has 2 atom stereocenters. The molecule has 0 spiro atoms. The molecule has 4 rings (SSSR count). The Morgan fingerprint density at radius 1 is 1.17 bits per heavy atom. The fourth-order valence-electron chi connectivity index (χ4n) is 4.25. The van der Waals surface area contributed by atoms with Gasteiger partial charge in [0.15, 0.2) is 0 Å². The van der Waals surface area contributed by atoms with Crippen LogP contribution in [-0.2, 0) is 21.2 Å². The lowest BCUT2D eigenvalue weighted by atomic mass is 9.97. The molecule has 1 amide bonds. The molecule has 0 aromatic heterocycles. The minimum atomic E-state index is -3.65. The molecule has 0 unspecified atom stereocenters. The first-order valence-electron chi connectivity index (χ1n) is 9.64. The first-order chi connectivity index (χ1) is 13.8. The number of sulfonamides is 1. The Morgan fingerprint density at radius 2 is 1.90 bits per heavy atom. The van der Waals surface area contributed by atoms with Crippen molar-refractivity contribution in [3.63, 3.8) is 0 Å². The molecule has 154 valence electrons. The van der Waals surface area contributed by atoms with Crippen LogP contribution in [0.5, 0.6) is 0 Å². The predicted molar refractivity (Wildman–Crippen MR) is 118 cm³/mol. The number of anilines is 1. The molecule has 0 radical (unpaired) electrons. The number of rotatable bonds is 3. The highest BCUT2D eigenvalue weighted by Crippen LogP contribution is 2.36. The van der Waals surface area contributed by atoms with Crippen LogP contribution in [0.25, 0.3) is 0 Å². The van der Waals surface area contributed by atoms with Crippen molar-refractivity contribution < 1.29 is 13.2 Å². The van der Waals surface area contributed by atoms with Crippen LogP contribution in [0.4, 0.5) is 5.69 Å². The van der Waals surface area contributed by atoms with Gasteiger partial charge in [-0.3, -0.25) is 4.79 Å². The molecule has 2 aromatic rings. The fourth-order valence-corrected chi connectivity index (χ4v) is 6.31. The maximum absolute atomic E-state index is 13.4. The molecule has 0 aliphatic carbocycles. The lowest BCUT2D eigenvalue weighted by Gasteiger charge is -2.34. The van der Waals surface area contributed by atoms with E-state index in [2.05, 4.69) is 22.0 Å². The monoisotopic (exact) mass is 496 g/mol. The minimum absolute atomic E-state index is 0.00887. The standard InChI is InChI=1S/C21H22BrClN2O3S/c1-14-11-16-12-17(22)4-9-20(16)25(14)21(26)15-3-2-10-24(13-15)29(27,28)19-7-5-18(23)6-8-19/h4-9,12,14-15H,2-3,10-11,13H2,1H3/t14-,15+/m1/s1. The van der Waals surface area contributed by atoms with Crippen LogP contribution in [0, 0.1) is 5.92 Å². The van der Waals surface area contributed by atoms with Crippen molar-refractivity contribution in [3.05, 3.63) is 57.5 Å². The Balaban J connectivity index is 1.56. The Morgan fingerprint density at radius 3 is 2.62 bits per heavy atom. The number of carbonyl (C=O) groups excluding carboxylic acids is 1. The second-order valence-electron chi connectivity index (χ2n) is 7.69. The van der Waals surface area contributed by atoms with Gasteiger partial charge in [0.1, 0.15) is 0 Å². The lowest BCUT2D eigenvalue weighted by molar-refractivity contribution is -0.123. The SMILES string of the molecule is C[C@@H]1Cc2cc(Br)ccc2N1C(=O)[C@H]1CCCN(S(=O)(=O)c2ccc(Cl)cc2)C1. The topological polar surface area (TPSA) is 57.7 Å². The number of halogens is 2. The van der Waals surface area contributed by atoms with Gasteiger partial charge in [0, 0.05) is 34.3 Å². The predicted octanol–water partition coefficient (Wildman–Crippen LogP) is 4.48. The maximum atomic E-state index is 13.4. The zero-order valence-corrected chi connectivity index (χ0v) is 19.2. The molecule has 29 heavy (non-hydrogen) atoms. The van der Waals surface area contributed by atoms with E-state index in [1.807, 2.05) is 24.0 Å². The van der Waals surface area contributed by atoms with Gasteiger partial charge in [0.25, 0.3) is 0 Å². The summed E-state index contributed by atoms with van der Waals surface area (Å²) < 4.78 is 28.5. The van der Waals surface area contributed by atoms with Crippen molar-refractivity contribution >= 4 is 49.1 Å². The number of hydrogen-bond donors (Lipinski definition) is 0. The summed E-state index contributed by atoms with van der Waals surface area (Å²) in [6.07, 6.45) is 2.17. The summed E-state index contributed by atoms with van der Waals surface area (Å²) in [5, 5.41) is 0.490. The molecule has 2 aromatic carbocycles. The molecule has 0 bridgehead atoms. The van der Waals surface area contributed by atoms with Crippen LogP contribution < -0.4 is 4.90 Å². The summed E-state index contributed by atoms with van der Waals surface area (Å²) in [4.78, 5) is 15.4. The summed E-state index contributed by atoms with van der Waals surface area (Å²) in [7, 11) is -3.65. The van der Waals surface area contributed by atoms with Gasteiger partial charge in [-0.2, -0.15) is 4.31 Å². The van der Waals surface area contributed by atoms with E-state index in [9.17, 15) is 13.2 Å². The first-order valence-corrected chi connectivity index (χ1v) is 12.3. The highest BCUT2D eigenvalue weighted by atomic mass is 79.9. The number of nitrogens with zero attached hydrogens (tertiary/aromatic N) is 2. The number of carbonyl (C=O) groups is 1. The maximum Gasteiger partial charge on any atom is 0.243 e. The molecule has 5 nitrogen and oxygen atoms in total. The van der Waals surface area contributed by atoms with E-state index in [0.717, 1.165) is 22.1 Å². The second-order valence-corrected chi connectivity index (χ2v) is 11.0. The van der Waals surface area contributed by atoms with Gasteiger partial charge in [-0.05, 0) is 74.2 Å². The zero-order chi connectivity index (χ0) is 20.8.